The normalized spacial score (nSPS) is 27.4. The molecule has 3 nitrogen and oxygen atoms in total. The molecule has 2 aliphatic heterocycles. The summed E-state index contributed by atoms with van der Waals surface area (Å²) in [7, 11) is -2.30. The predicted octanol–water partition coefficient (Wildman–Crippen LogP) is 5.44. The van der Waals surface area contributed by atoms with Crippen molar-refractivity contribution in [1.29, 1.82) is 0 Å². The molecular formula is C19H42O3Si2. The van der Waals surface area contributed by atoms with Crippen LogP contribution in [0.15, 0.2) is 0 Å². The molecule has 2 aliphatic rings. The SMILES string of the molecule is CCOC1(CC)CCCC[Si]1(OCC)OCC.C[SiH]1CCCCC1. The summed E-state index contributed by atoms with van der Waals surface area (Å²) in [5, 5.41) is -0.119. The maximum Gasteiger partial charge on any atom is 0.371 e. The highest BCUT2D eigenvalue weighted by Gasteiger charge is 2.58. The molecule has 1 unspecified atom stereocenters. The van der Waals surface area contributed by atoms with Gasteiger partial charge in [-0.25, -0.2) is 0 Å². The van der Waals surface area contributed by atoms with Crippen molar-refractivity contribution in [3.63, 3.8) is 0 Å². The van der Waals surface area contributed by atoms with E-state index in [-0.39, 0.29) is 14.0 Å². The van der Waals surface area contributed by atoms with Crippen LogP contribution in [-0.2, 0) is 13.6 Å². The summed E-state index contributed by atoms with van der Waals surface area (Å²) in [6.45, 7) is 13.1. The summed E-state index contributed by atoms with van der Waals surface area (Å²) in [4.78, 5) is 0. The van der Waals surface area contributed by atoms with Gasteiger partial charge in [-0.1, -0.05) is 57.7 Å². The van der Waals surface area contributed by atoms with Crippen molar-refractivity contribution in [3.8, 4) is 0 Å². The van der Waals surface area contributed by atoms with Crippen LogP contribution in [0.25, 0.3) is 0 Å². The molecule has 0 amide bonds. The molecule has 24 heavy (non-hydrogen) atoms. The van der Waals surface area contributed by atoms with Crippen LogP contribution in [0.5, 0.6) is 0 Å². The Morgan fingerprint density at radius 3 is 1.88 bits per heavy atom. The van der Waals surface area contributed by atoms with Crippen LogP contribution in [0.4, 0.5) is 0 Å². The minimum Gasteiger partial charge on any atom is -0.393 e. The molecule has 1 atom stereocenters. The third-order valence-electron chi connectivity index (χ3n) is 5.67. The number of hydrogen-bond donors (Lipinski definition) is 0. The molecule has 2 fully saturated rings. The maximum absolute atomic E-state index is 6.16. The van der Waals surface area contributed by atoms with Crippen LogP contribution in [0.3, 0.4) is 0 Å². The monoisotopic (exact) mass is 374 g/mol. The van der Waals surface area contributed by atoms with Crippen molar-refractivity contribution in [3.05, 3.63) is 0 Å². The minimum atomic E-state index is -2.21. The molecule has 0 radical (unpaired) electrons. The second-order valence-corrected chi connectivity index (χ2v) is 14.2. The molecule has 0 aromatic carbocycles. The molecular weight excluding hydrogens is 332 g/mol. The van der Waals surface area contributed by atoms with Crippen LogP contribution in [-0.4, -0.2) is 42.4 Å². The first-order valence-electron chi connectivity index (χ1n) is 10.5. The molecule has 0 saturated carbocycles. The van der Waals surface area contributed by atoms with Gasteiger partial charge in [-0.3, -0.25) is 0 Å². The lowest BCUT2D eigenvalue weighted by Gasteiger charge is -2.49. The van der Waals surface area contributed by atoms with E-state index in [0.717, 1.165) is 38.7 Å². The van der Waals surface area contributed by atoms with Crippen molar-refractivity contribution >= 4 is 17.4 Å². The van der Waals surface area contributed by atoms with Gasteiger partial charge in [0, 0.05) is 28.6 Å². The maximum atomic E-state index is 6.16. The van der Waals surface area contributed by atoms with Crippen molar-refractivity contribution in [1.82, 2.24) is 0 Å². The van der Waals surface area contributed by atoms with Crippen LogP contribution in [0.1, 0.15) is 72.6 Å². The van der Waals surface area contributed by atoms with Gasteiger partial charge in [0.1, 0.15) is 5.22 Å². The molecule has 5 heteroatoms. The fraction of sp³-hybridized carbons (Fsp3) is 1.00. The Balaban J connectivity index is 0.000000341. The largest absolute Gasteiger partial charge is 0.393 e. The molecule has 0 N–H and O–H groups in total. The Bertz CT molecular complexity index is 306. The predicted molar refractivity (Wildman–Crippen MR) is 109 cm³/mol. The van der Waals surface area contributed by atoms with E-state index in [9.17, 15) is 0 Å². The highest BCUT2D eigenvalue weighted by atomic mass is 28.4. The zero-order valence-electron chi connectivity index (χ0n) is 17.0. The molecule has 0 bridgehead atoms. The fourth-order valence-corrected chi connectivity index (χ4v) is 11.1. The molecule has 0 aromatic heterocycles. The molecule has 2 rings (SSSR count). The Kier molecular flexibility index (Phi) is 11.0. The molecule has 0 spiro atoms. The van der Waals surface area contributed by atoms with Crippen molar-refractivity contribution < 1.29 is 13.6 Å². The zero-order chi connectivity index (χ0) is 17.9. The Labute approximate surface area is 153 Å². The van der Waals surface area contributed by atoms with E-state index in [0.29, 0.717) is 0 Å². The fourth-order valence-electron chi connectivity index (χ4n) is 4.42. The summed E-state index contributed by atoms with van der Waals surface area (Å²) in [5.41, 5.74) is 0. The van der Waals surface area contributed by atoms with Gasteiger partial charge in [0.25, 0.3) is 0 Å². The molecule has 144 valence electrons. The van der Waals surface area contributed by atoms with Crippen LogP contribution in [0.2, 0.25) is 24.7 Å². The van der Waals surface area contributed by atoms with E-state index < -0.39 is 8.56 Å². The van der Waals surface area contributed by atoms with Crippen molar-refractivity contribution in [2.45, 2.75) is 103 Å². The standard InChI is InChI=1S/C13H28O3Si.C6H14Si/c1-5-13(14-6-2)11-9-10-12-17(13,15-7-3)16-8-4;1-7-5-3-2-4-6-7/h5-12H2,1-4H3;7H,2-6H2,1H3. The third kappa shape index (κ3) is 5.94. The van der Waals surface area contributed by atoms with Crippen LogP contribution in [0, 0.1) is 0 Å². The van der Waals surface area contributed by atoms with Crippen molar-refractivity contribution in [2.75, 3.05) is 19.8 Å². The Morgan fingerprint density at radius 1 is 0.833 bits per heavy atom. The zero-order valence-corrected chi connectivity index (χ0v) is 19.1. The van der Waals surface area contributed by atoms with Gasteiger partial charge in [0.15, 0.2) is 0 Å². The Morgan fingerprint density at radius 2 is 1.46 bits per heavy atom. The highest BCUT2D eigenvalue weighted by molar-refractivity contribution is 6.70. The topological polar surface area (TPSA) is 27.7 Å². The van der Waals surface area contributed by atoms with Crippen LogP contribution < -0.4 is 0 Å². The second-order valence-electron chi connectivity index (χ2n) is 7.35. The van der Waals surface area contributed by atoms with E-state index in [2.05, 4.69) is 34.2 Å². The Hall–Kier alpha value is 0.314. The molecule has 0 aromatic rings. The van der Waals surface area contributed by atoms with E-state index in [1.165, 1.54) is 19.3 Å². The summed E-state index contributed by atoms with van der Waals surface area (Å²) in [5.74, 6) is 0. The first-order chi connectivity index (χ1) is 11.6. The first kappa shape index (κ1) is 22.4. The first-order valence-corrected chi connectivity index (χ1v) is 15.3. The quantitative estimate of drug-likeness (QED) is 0.555. The smallest absolute Gasteiger partial charge is 0.371 e. The molecule has 2 saturated heterocycles. The summed E-state index contributed by atoms with van der Waals surface area (Å²) < 4.78 is 18.5. The van der Waals surface area contributed by atoms with E-state index in [1.807, 2.05) is 0 Å². The van der Waals surface area contributed by atoms with Gasteiger partial charge >= 0.3 is 8.56 Å². The van der Waals surface area contributed by atoms with E-state index in [4.69, 9.17) is 13.6 Å². The summed E-state index contributed by atoms with van der Waals surface area (Å²) >= 11 is 0. The van der Waals surface area contributed by atoms with Crippen LogP contribution >= 0.6 is 0 Å². The molecule has 0 aliphatic carbocycles. The number of rotatable bonds is 7. The lowest BCUT2D eigenvalue weighted by Crippen LogP contribution is -2.65. The van der Waals surface area contributed by atoms with Gasteiger partial charge in [-0.05, 0) is 39.7 Å². The number of ether oxygens (including phenoxy) is 1. The lowest BCUT2D eigenvalue weighted by molar-refractivity contribution is -0.0426. The van der Waals surface area contributed by atoms with E-state index >= 15 is 0 Å². The van der Waals surface area contributed by atoms with Crippen molar-refractivity contribution in [2.24, 2.45) is 0 Å². The highest BCUT2D eigenvalue weighted by Crippen LogP contribution is 2.42. The second kappa shape index (κ2) is 11.8. The lowest BCUT2D eigenvalue weighted by atomic mass is 10.1. The van der Waals surface area contributed by atoms with Gasteiger partial charge in [0.05, 0.1) is 0 Å². The third-order valence-corrected chi connectivity index (χ3v) is 13.1. The van der Waals surface area contributed by atoms with E-state index in [1.54, 1.807) is 24.9 Å². The van der Waals surface area contributed by atoms with Gasteiger partial charge in [0.2, 0.25) is 0 Å². The average Bonchev–Trinajstić information content (AvgIpc) is 2.59. The van der Waals surface area contributed by atoms with Gasteiger partial charge in [-0.15, -0.1) is 0 Å². The molecule has 2 heterocycles. The number of hydrogen-bond acceptors (Lipinski definition) is 3. The van der Waals surface area contributed by atoms with Gasteiger partial charge < -0.3 is 13.6 Å². The average molecular weight is 375 g/mol. The summed E-state index contributed by atoms with van der Waals surface area (Å²) in [6, 6.07) is 4.34. The minimum absolute atomic E-state index is 0.0945. The van der Waals surface area contributed by atoms with Gasteiger partial charge in [-0.2, -0.15) is 0 Å². The summed E-state index contributed by atoms with van der Waals surface area (Å²) in [6.07, 6.45) is 9.19.